The summed E-state index contributed by atoms with van der Waals surface area (Å²) >= 11 is 0. The number of rotatable bonds is 7. The average molecular weight is 643 g/mol. The number of phenols is 1. The van der Waals surface area contributed by atoms with Gasteiger partial charge in [-0.05, 0) is 61.9 Å². The molecular weight excluding hydrogens is 602 g/mol. The third kappa shape index (κ3) is 5.47. The van der Waals surface area contributed by atoms with Crippen molar-refractivity contribution in [3.05, 3.63) is 41.5 Å². The Balaban J connectivity index is 1.42. The van der Waals surface area contributed by atoms with Gasteiger partial charge in [0.25, 0.3) is 0 Å². The third-order valence-electron chi connectivity index (χ3n) is 10.5. The molecule has 3 aliphatic heterocycles. The number of aromatic hydroxyl groups is 1. The Kier molecular flexibility index (Phi) is 8.05. The Bertz CT molecular complexity index is 1900. The molecule has 3 aliphatic rings. The summed E-state index contributed by atoms with van der Waals surface area (Å²) in [4.78, 5) is 18.7. The van der Waals surface area contributed by atoms with Gasteiger partial charge < -0.3 is 29.7 Å². The molecule has 47 heavy (non-hydrogen) atoms. The summed E-state index contributed by atoms with van der Waals surface area (Å²) in [6, 6.07) is 6.12. The fraction of sp³-hybridized carbons (Fsp3) is 0.472. The minimum Gasteiger partial charge on any atom is -0.508 e. The average Bonchev–Trinajstić information content (AvgIpc) is 3.41. The minimum atomic E-state index is -0.777. The lowest BCUT2D eigenvalue weighted by atomic mass is 9.74. The molecule has 246 valence electrons. The van der Waals surface area contributed by atoms with Crippen molar-refractivity contribution >= 4 is 27.5 Å². The maximum absolute atomic E-state index is 17.1. The van der Waals surface area contributed by atoms with Gasteiger partial charge in [-0.15, -0.1) is 6.42 Å². The van der Waals surface area contributed by atoms with E-state index in [0.717, 1.165) is 38.9 Å². The van der Waals surface area contributed by atoms with Crippen LogP contribution in [-0.4, -0.2) is 83.5 Å². The van der Waals surface area contributed by atoms with Crippen LogP contribution in [0, 0.1) is 35.3 Å². The van der Waals surface area contributed by atoms with Crippen molar-refractivity contribution in [2.45, 2.75) is 52.1 Å². The van der Waals surface area contributed by atoms with E-state index in [0.29, 0.717) is 42.2 Å². The van der Waals surface area contributed by atoms with Crippen LogP contribution in [0.2, 0.25) is 0 Å². The van der Waals surface area contributed by atoms with Crippen molar-refractivity contribution in [2.75, 3.05) is 51.3 Å². The first-order valence-corrected chi connectivity index (χ1v) is 16.4. The van der Waals surface area contributed by atoms with E-state index in [-0.39, 0.29) is 62.9 Å². The Hall–Kier alpha value is -4.27. The number of pyridine rings is 1. The number of piperazine rings is 1. The summed E-state index contributed by atoms with van der Waals surface area (Å²) in [5.41, 5.74) is -0.310. The first kappa shape index (κ1) is 31.3. The van der Waals surface area contributed by atoms with Crippen LogP contribution in [-0.2, 0) is 0 Å². The zero-order valence-corrected chi connectivity index (χ0v) is 27.2. The molecule has 11 heteroatoms. The highest BCUT2D eigenvalue weighted by molar-refractivity contribution is 6.04. The number of likely N-dealkylation sites (tertiary alicyclic amines) is 1. The quantitative estimate of drug-likeness (QED) is 0.253. The number of aromatic nitrogens is 3. The molecule has 0 aliphatic carbocycles. The van der Waals surface area contributed by atoms with E-state index >= 15 is 4.39 Å². The summed E-state index contributed by atoms with van der Waals surface area (Å²) in [7, 11) is 1.46. The van der Waals surface area contributed by atoms with Crippen molar-refractivity contribution in [2.24, 2.45) is 11.3 Å². The molecule has 2 bridgehead atoms. The standard InChI is InChI=1S/C36H40F2N6O3/c1-6-25-27(37)11-8-21-14-24(45)15-26(28(21)25)31-30(38)32-29(34(40-31)46-5)33(44-16-22-9-10-23(17-44)39-22)42-35(41-32)47-19-36(4)18-43(7-2)13-12-20(36)3/h1,8,11,14-15,20,22-23,39,45H,7,9-10,12-13,16-19H2,2-5H3/t20-,22-,23+,36-/m0/s1. The highest BCUT2D eigenvalue weighted by Gasteiger charge is 2.39. The fourth-order valence-electron chi connectivity index (χ4n) is 7.60. The molecule has 4 atom stereocenters. The van der Waals surface area contributed by atoms with Crippen LogP contribution in [0.3, 0.4) is 0 Å². The lowest BCUT2D eigenvalue weighted by Crippen LogP contribution is -2.51. The van der Waals surface area contributed by atoms with E-state index in [4.69, 9.17) is 20.9 Å². The van der Waals surface area contributed by atoms with E-state index in [1.54, 1.807) is 0 Å². The molecule has 9 nitrogen and oxygen atoms in total. The summed E-state index contributed by atoms with van der Waals surface area (Å²) in [6.45, 7) is 11.2. The van der Waals surface area contributed by atoms with Crippen LogP contribution in [0.25, 0.3) is 32.9 Å². The van der Waals surface area contributed by atoms with Gasteiger partial charge in [-0.2, -0.15) is 9.97 Å². The van der Waals surface area contributed by atoms with Gasteiger partial charge in [0, 0.05) is 48.1 Å². The molecule has 4 aromatic rings. The van der Waals surface area contributed by atoms with E-state index in [9.17, 15) is 9.50 Å². The van der Waals surface area contributed by atoms with E-state index in [2.05, 4.69) is 51.8 Å². The Morgan fingerprint density at radius 2 is 1.87 bits per heavy atom. The molecule has 2 N–H and O–H groups in total. The van der Waals surface area contributed by atoms with Crippen molar-refractivity contribution in [3.63, 3.8) is 0 Å². The second-order valence-electron chi connectivity index (χ2n) is 13.5. The molecule has 2 aromatic heterocycles. The number of methoxy groups -OCH3 is 1. The molecule has 0 saturated carbocycles. The Morgan fingerprint density at radius 3 is 2.57 bits per heavy atom. The number of nitrogens with one attached hydrogen (secondary N) is 1. The van der Waals surface area contributed by atoms with Gasteiger partial charge in [-0.25, -0.2) is 13.8 Å². The number of hydrogen-bond acceptors (Lipinski definition) is 9. The van der Waals surface area contributed by atoms with Crippen LogP contribution < -0.4 is 19.7 Å². The molecule has 0 amide bonds. The molecule has 0 unspecified atom stereocenters. The van der Waals surface area contributed by atoms with Crippen LogP contribution in [0.1, 0.15) is 45.6 Å². The number of phenolic OH excluding ortho intramolecular Hbond substituents is 1. The maximum Gasteiger partial charge on any atom is 0.319 e. The summed E-state index contributed by atoms with van der Waals surface area (Å²) in [5.74, 6) is 1.83. The van der Waals surface area contributed by atoms with Crippen molar-refractivity contribution < 1.29 is 23.4 Å². The van der Waals surface area contributed by atoms with Crippen LogP contribution in [0.15, 0.2) is 24.3 Å². The van der Waals surface area contributed by atoms with Gasteiger partial charge >= 0.3 is 6.01 Å². The first-order valence-electron chi connectivity index (χ1n) is 16.4. The monoisotopic (exact) mass is 642 g/mol. The fourth-order valence-corrected chi connectivity index (χ4v) is 7.60. The number of benzene rings is 2. The van der Waals surface area contributed by atoms with Gasteiger partial charge in [0.1, 0.15) is 34.0 Å². The molecule has 0 radical (unpaired) electrons. The number of halogens is 2. The smallest absolute Gasteiger partial charge is 0.319 e. The number of piperidine rings is 1. The lowest BCUT2D eigenvalue weighted by molar-refractivity contribution is 0.0107. The van der Waals surface area contributed by atoms with E-state index in [1.807, 2.05) is 0 Å². The number of nitrogens with zero attached hydrogens (tertiary/aromatic N) is 5. The van der Waals surface area contributed by atoms with Crippen molar-refractivity contribution in [1.29, 1.82) is 0 Å². The Labute approximate surface area is 273 Å². The van der Waals surface area contributed by atoms with Crippen molar-refractivity contribution in [3.8, 4) is 41.2 Å². The first-order chi connectivity index (χ1) is 22.6. The highest BCUT2D eigenvalue weighted by Crippen LogP contribution is 2.43. The second-order valence-corrected chi connectivity index (χ2v) is 13.5. The molecule has 2 aromatic carbocycles. The number of hydrogen-bond donors (Lipinski definition) is 2. The van der Waals surface area contributed by atoms with Crippen LogP contribution in [0.5, 0.6) is 17.6 Å². The van der Waals surface area contributed by atoms with Crippen molar-refractivity contribution in [1.82, 2.24) is 25.2 Å². The van der Waals surface area contributed by atoms with E-state index < -0.39 is 11.6 Å². The number of terminal acetylenes is 1. The van der Waals surface area contributed by atoms with Gasteiger partial charge in [-0.1, -0.05) is 32.8 Å². The third-order valence-corrected chi connectivity index (χ3v) is 10.5. The van der Waals surface area contributed by atoms with Gasteiger partial charge in [0.15, 0.2) is 5.82 Å². The topological polar surface area (TPSA) is 95.9 Å². The zero-order chi connectivity index (χ0) is 33.0. The van der Waals surface area contributed by atoms with Gasteiger partial charge in [-0.3, -0.25) is 0 Å². The van der Waals surface area contributed by atoms with E-state index in [1.165, 1.54) is 31.4 Å². The molecular formula is C36H40F2N6O3. The Morgan fingerprint density at radius 1 is 1.11 bits per heavy atom. The molecule has 3 fully saturated rings. The van der Waals surface area contributed by atoms with Gasteiger partial charge in [0.2, 0.25) is 5.88 Å². The molecule has 3 saturated heterocycles. The SMILES string of the molecule is C#Cc1c(F)ccc2cc(O)cc(-c3nc(OC)c4c(N5C[C@H]6CC[C@@H](C5)N6)nc(OC[C@]5(C)CN(CC)CC[C@@H]5C)nc4c3F)c12. The highest BCUT2D eigenvalue weighted by atomic mass is 19.1. The van der Waals surface area contributed by atoms with Crippen LogP contribution in [0.4, 0.5) is 14.6 Å². The lowest BCUT2D eigenvalue weighted by Gasteiger charge is -2.44. The maximum atomic E-state index is 17.1. The van der Waals surface area contributed by atoms with Crippen LogP contribution >= 0.6 is 0 Å². The van der Waals surface area contributed by atoms with Gasteiger partial charge in [0.05, 0.1) is 19.3 Å². The number of fused-ring (bicyclic) bond motifs is 4. The number of ether oxygens (including phenoxy) is 2. The zero-order valence-electron chi connectivity index (χ0n) is 27.2. The second kappa shape index (κ2) is 12.1. The predicted molar refractivity (Wildman–Crippen MR) is 178 cm³/mol. The summed E-state index contributed by atoms with van der Waals surface area (Å²) in [5, 5.41) is 15.3. The normalized spacial score (nSPS) is 24.5. The summed E-state index contributed by atoms with van der Waals surface area (Å²) < 4.78 is 44.2. The largest absolute Gasteiger partial charge is 0.508 e. The summed E-state index contributed by atoms with van der Waals surface area (Å²) in [6.07, 6.45) is 8.87. The minimum absolute atomic E-state index is 0.0371. The predicted octanol–water partition coefficient (Wildman–Crippen LogP) is 5.51. The molecule has 5 heterocycles. The molecule has 0 spiro atoms. The number of anilines is 1. The molecule has 7 rings (SSSR count).